The average Bonchev–Trinajstić information content (AvgIpc) is 2.99. The molecule has 9 heteroatoms. The van der Waals surface area contributed by atoms with Gasteiger partial charge in [0.25, 0.3) is 0 Å². The maximum absolute atomic E-state index is 5.46. The highest BCUT2D eigenvalue weighted by atomic mass is 127. The number of aromatic nitrogens is 3. The summed E-state index contributed by atoms with van der Waals surface area (Å²) in [7, 11) is 7.35. The Balaban J connectivity index is 0.00000392. The van der Waals surface area contributed by atoms with E-state index in [1.165, 1.54) is 0 Å². The Morgan fingerprint density at radius 1 is 1.25 bits per heavy atom. The van der Waals surface area contributed by atoms with Crippen molar-refractivity contribution in [2.45, 2.75) is 26.4 Å². The number of hydrogen-bond acceptors (Lipinski definition) is 5. The molecule has 0 saturated carbocycles. The third kappa shape index (κ3) is 6.93. The summed E-state index contributed by atoms with van der Waals surface area (Å²) in [6.45, 7) is 4.55. The largest absolute Gasteiger partial charge is 0.496 e. The van der Waals surface area contributed by atoms with E-state index in [0.29, 0.717) is 19.7 Å². The summed E-state index contributed by atoms with van der Waals surface area (Å²) >= 11 is 0. The number of rotatable bonds is 9. The van der Waals surface area contributed by atoms with Crippen molar-refractivity contribution >= 4 is 29.9 Å². The monoisotopic (exact) mass is 502 g/mol. The second-order valence-corrected chi connectivity index (χ2v) is 6.30. The van der Waals surface area contributed by atoms with Gasteiger partial charge in [-0.2, -0.15) is 0 Å². The number of ether oxygens (including phenoxy) is 2. The molecule has 8 nitrogen and oxygen atoms in total. The van der Waals surface area contributed by atoms with Crippen LogP contribution in [0.15, 0.2) is 29.3 Å². The van der Waals surface area contributed by atoms with Crippen LogP contribution in [0.3, 0.4) is 0 Å². The van der Waals surface area contributed by atoms with Crippen molar-refractivity contribution < 1.29 is 9.47 Å². The van der Waals surface area contributed by atoms with Gasteiger partial charge in [-0.15, -0.1) is 34.2 Å². The van der Waals surface area contributed by atoms with Crippen LogP contribution in [0.1, 0.15) is 23.6 Å². The van der Waals surface area contributed by atoms with Crippen molar-refractivity contribution in [3.05, 3.63) is 41.5 Å². The molecule has 1 aromatic carbocycles. The van der Waals surface area contributed by atoms with Crippen LogP contribution in [0, 0.1) is 6.92 Å². The van der Waals surface area contributed by atoms with E-state index in [-0.39, 0.29) is 24.0 Å². The van der Waals surface area contributed by atoms with Crippen molar-refractivity contribution in [3.63, 3.8) is 0 Å². The van der Waals surface area contributed by atoms with Gasteiger partial charge in [0.15, 0.2) is 11.8 Å². The third-order valence-corrected chi connectivity index (χ3v) is 4.32. The normalized spacial score (nSPS) is 11.1. The molecule has 0 unspecified atom stereocenters. The van der Waals surface area contributed by atoms with Gasteiger partial charge < -0.3 is 24.3 Å². The summed E-state index contributed by atoms with van der Waals surface area (Å²) in [6, 6.07) is 8.01. The molecule has 0 amide bonds. The lowest BCUT2D eigenvalue weighted by molar-refractivity contribution is 0.195. The number of para-hydroxylation sites is 1. The van der Waals surface area contributed by atoms with E-state index in [4.69, 9.17) is 14.5 Å². The third-order valence-electron chi connectivity index (χ3n) is 4.32. The first kappa shape index (κ1) is 24.2. The summed E-state index contributed by atoms with van der Waals surface area (Å²) in [4.78, 5) is 6.82. The van der Waals surface area contributed by atoms with Gasteiger partial charge in [0, 0.05) is 46.5 Å². The number of methoxy groups -OCH3 is 2. The quantitative estimate of drug-likeness (QED) is 0.246. The summed E-state index contributed by atoms with van der Waals surface area (Å²) in [5, 5.41) is 11.7. The van der Waals surface area contributed by atoms with Crippen LogP contribution in [-0.2, 0) is 24.9 Å². The first-order valence-corrected chi connectivity index (χ1v) is 9.02. The molecule has 1 aromatic heterocycles. The van der Waals surface area contributed by atoms with Crippen LogP contribution in [-0.4, -0.2) is 60.0 Å². The molecule has 2 aromatic rings. The first-order valence-electron chi connectivity index (χ1n) is 9.02. The Kier molecular flexibility index (Phi) is 10.8. The van der Waals surface area contributed by atoms with Crippen molar-refractivity contribution in [2.75, 3.05) is 34.4 Å². The summed E-state index contributed by atoms with van der Waals surface area (Å²) < 4.78 is 12.5. The zero-order valence-electron chi connectivity index (χ0n) is 17.3. The summed E-state index contributed by atoms with van der Waals surface area (Å²) in [5.74, 6) is 3.37. The van der Waals surface area contributed by atoms with Gasteiger partial charge in [-0.25, -0.2) is 4.99 Å². The Morgan fingerprint density at radius 3 is 2.64 bits per heavy atom. The van der Waals surface area contributed by atoms with E-state index in [9.17, 15) is 0 Å². The molecule has 0 fully saturated rings. The number of aryl methyl sites for hydroxylation is 1. The second kappa shape index (κ2) is 12.6. The number of halogens is 1. The Labute approximate surface area is 184 Å². The molecule has 0 aliphatic carbocycles. The number of hydrogen-bond donors (Lipinski definition) is 1. The van der Waals surface area contributed by atoms with E-state index in [1.807, 2.05) is 43.8 Å². The Hall–Kier alpha value is -1.88. The van der Waals surface area contributed by atoms with Gasteiger partial charge in [-0.05, 0) is 19.4 Å². The van der Waals surface area contributed by atoms with Gasteiger partial charge in [0.05, 0.1) is 7.11 Å². The maximum atomic E-state index is 5.46. The lowest BCUT2D eigenvalue weighted by Crippen LogP contribution is -2.39. The van der Waals surface area contributed by atoms with E-state index < -0.39 is 0 Å². The van der Waals surface area contributed by atoms with Gasteiger partial charge in [0.2, 0.25) is 0 Å². The lowest BCUT2D eigenvalue weighted by atomic mass is 10.2. The highest BCUT2D eigenvalue weighted by Crippen LogP contribution is 2.18. The molecule has 2 rings (SSSR count). The zero-order valence-corrected chi connectivity index (χ0v) is 19.6. The zero-order chi connectivity index (χ0) is 19.6. The highest BCUT2D eigenvalue weighted by molar-refractivity contribution is 14.0. The lowest BCUT2D eigenvalue weighted by Gasteiger charge is -2.23. The van der Waals surface area contributed by atoms with E-state index in [2.05, 4.69) is 26.5 Å². The fraction of sp³-hybridized carbons (Fsp3) is 0.526. The molecule has 1 N–H and O–H groups in total. The SMILES string of the molecule is COCCCNC(=NCc1nnc(C)n1C)N(C)Cc1ccccc1OC.I. The number of nitrogens with one attached hydrogen (secondary N) is 1. The molecule has 0 saturated heterocycles. The molecule has 0 spiro atoms. The standard InChI is InChI=1S/C19H30N6O2.HI/c1-15-22-23-18(25(15)3)13-21-19(20-11-8-12-26-4)24(2)14-16-9-6-7-10-17(16)27-5;/h6-7,9-10H,8,11-14H2,1-5H3,(H,20,21);1H. The van der Waals surface area contributed by atoms with Gasteiger partial charge in [-0.1, -0.05) is 18.2 Å². The molecule has 156 valence electrons. The molecular formula is C19H31IN6O2. The summed E-state index contributed by atoms with van der Waals surface area (Å²) in [5.41, 5.74) is 1.10. The first-order chi connectivity index (χ1) is 13.1. The predicted molar refractivity (Wildman–Crippen MR) is 121 cm³/mol. The van der Waals surface area contributed by atoms with Gasteiger partial charge in [-0.3, -0.25) is 0 Å². The Bertz CT molecular complexity index is 750. The van der Waals surface area contributed by atoms with Crippen molar-refractivity contribution in [2.24, 2.45) is 12.0 Å². The predicted octanol–water partition coefficient (Wildman–Crippen LogP) is 2.36. The maximum Gasteiger partial charge on any atom is 0.194 e. The van der Waals surface area contributed by atoms with Crippen LogP contribution >= 0.6 is 24.0 Å². The van der Waals surface area contributed by atoms with Crippen molar-refractivity contribution in [3.8, 4) is 5.75 Å². The van der Waals surface area contributed by atoms with Crippen LogP contribution in [0.5, 0.6) is 5.75 Å². The second-order valence-electron chi connectivity index (χ2n) is 6.30. The van der Waals surface area contributed by atoms with E-state index in [1.54, 1.807) is 14.2 Å². The molecule has 0 aliphatic heterocycles. The van der Waals surface area contributed by atoms with Crippen LogP contribution < -0.4 is 10.1 Å². The minimum absolute atomic E-state index is 0. The Morgan fingerprint density at radius 2 is 2.00 bits per heavy atom. The van der Waals surface area contributed by atoms with Crippen LogP contribution in [0.25, 0.3) is 0 Å². The minimum Gasteiger partial charge on any atom is -0.496 e. The van der Waals surface area contributed by atoms with E-state index >= 15 is 0 Å². The number of benzene rings is 1. The molecule has 0 aliphatic rings. The molecule has 0 bridgehead atoms. The molecular weight excluding hydrogens is 471 g/mol. The molecule has 0 atom stereocenters. The molecule has 1 heterocycles. The van der Waals surface area contributed by atoms with Crippen molar-refractivity contribution in [1.82, 2.24) is 25.0 Å². The summed E-state index contributed by atoms with van der Waals surface area (Å²) in [6.07, 6.45) is 0.904. The van der Waals surface area contributed by atoms with Gasteiger partial charge in [0.1, 0.15) is 18.1 Å². The van der Waals surface area contributed by atoms with E-state index in [0.717, 1.165) is 41.9 Å². The minimum atomic E-state index is 0. The fourth-order valence-electron chi connectivity index (χ4n) is 2.63. The number of nitrogens with zero attached hydrogens (tertiary/aromatic N) is 5. The molecule has 0 radical (unpaired) electrons. The average molecular weight is 502 g/mol. The smallest absolute Gasteiger partial charge is 0.194 e. The highest BCUT2D eigenvalue weighted by Gasteiger charge is 2.11. The van der Waals surface area contributed by atoms with Crippen LogP contribution in [0.2, 0.25) is 0 Å². The number of guanidine groups is 1. The number of aliphatic imine (C=N–C) groups is 1. The fourth-order valence-corrected chi connectivity index (χ4v) is 2.63. The van der Waals surface area contributed by atoms with Crippen LogP contribution in [0.4, 0.5) is 0 Å². The topological polar surface area (TPSA) is 76.8 Å². The van der Waals surface area contributed by atoms with Gasteiger partial charge >= 0.3 is 0 Å². The molecule has 28 heavy (non-hydrogen) atoms. The van der Waals surface area contributed by atoms with Crippen molar-refractivity contribution in [1.29, 1.82) is 0 Å².